The first-order valence-electron chi connectivity index (χ1n) is 11.3. The van der Waals surface area contributed by atoms with Crippen LogP contribution in [0.3, 0.4) is 0 Å². The zero-order valence-corrected chi connectivity index (χ0v) is 20.0. The summed E-state index contributed by atoms with van der Waals surface area (Å²) in [6.45, 7) is 5.18. The zero-order valence-electron chi connectivity index (χ0n) is 19.2. The van der Waals surface area contributed by atoms with E-state index in [1.54, 1.807) is 35.7 Å². The third kappa shape index (κ3) is 5.16. The summed E-state index contributed by atoms with van der Waals surface area (Å²) in [6.07, 6.45) is 7.65. The van der Waals surface area contributed by atoms with Crippen molar-refractivity contribution in [1.82, 2.24) is 4.90 Å². The van der Waals surface area contributed by atoms with E-state index in [0.717, 1.165) is 37.2 Å². The zero-order chi connectivity index (χ0) is 23.3. The van der Waals surface area contributed by atoms with Gasteiger partial charge in [-0.15, -0.1) is 0 Å². The van der Waals surface area contributed by atoms with Crippen molar-refractivity contribution in [2.75, 3.05) is 37.6 Å². The second-order valence-electron chi connectivity index (χ2n) is 8.26. The first-order chi connectivity index (χ1) is 16.0. The highest BCUT2D eigenvalue weighted by atomic mass is 32.2. The van der Waals surface area contributed by atoms with Crippen LogP contribution in [0.4, 0.5) is 5.69 Å². The van der Waals surface area contributed by atoms with E-state index in [1.807, 2.05) is 36.4 Å². The predicted octanol–water partition coefficient (Wildman–Crippen LogP) is 4.59. The summed E-state index contributed by atoms with van der Waals surface area (Å²) in [6, 6.07) is 14.3. The van der Waals surface area contributed by atoms with Crippen molar-refractivity contribution >= 4 is 15.7 Å². The van der Waals surface area contributed by atoms with Crippen LogP contribution in [-0.4, -0.2) is 46.6 Å². The van der Waals surface area contributed by atoms with Crippen LogP contribution >= 0.6 is 0 Å². The van der Waals surface area contributed by atoms with Gasteiger partial charge in [-0.2, -0.15) is 0 Å². The van der Waals surface area contributed by atoms with E-state index in [9.17, 15) is 8.42 Å². The van der Waals surface area contributed by atoms with E-state index in [0.29, 0.717) is 24.4 Å². The molecule has 1 aliphatic heterocycles. The predicted molar refractivity (Wildman–Crippen MR) is 133 cm³/mol. The number of allylic oxidation sites excluding steroid dienone is 2. The molecular formula is C27H30N2O3S. The van der Waals surface area contributed by atoms with Crippen molar-refractivity contribution in [3.63, 3.8) is 0 Å². The molecule has 0 N–H and O–H groups in total. The number of nitrogens with zero attached hydrogens (tertiary/aromatic N) is 2. The smallest absolute Gasteiger partial charge is 0.264 e. The second-order valence-corrected chi connectivity index (χ2v) is 10.1. The Bertz CT molecular complexity index is 1210. The number of rotatable bonds is 8. The van der Waals surface area contributed by atoms with Gasteiger partial charge < -0.3 is 4.74 Å². The van der Waals surface area contributed by atoms with E-state index >= 15 is 0 Å². The molecular weight excluding hydrogens is 432 g/mol. The summed E-state index contributed by atoms with van der Waals surface area (Å²) < 4.78 is 35.0. The Hall–Kier alpha value is -3.01. The first-order valence-corrected chi connectivity index (χ1v) is 12.8. The maximum Gasteiger partial charge on any atom is 0.264 e. The van der Waals surface area contributed by atoms with Crippen LogP contribution in [0.1, 0.15) is 31.2 Å². The van der Waals surface area contributed by atoms with Crippen molar-refractivity contribution in [3.8, 4) is 17.6 Å². The van der Waals surface area contributed by atoms with Crippen molar-refractivity contribution < 1.29 is 13.2 Å². The van der Waals surface area contributed by atoms with Gasteiger partial charge in [0.15, 0.2) is 0 Å². The normalized spacial score (nSPS) is 18.2. The lowest BCUT2D eigenvalue weighted by Crippen LogP contribution is -2.38. The molecule has 33 heavy (non-hydrogen) atoms. The lowest BCUT2D eigenvalue weighted by atomic mass is 9.91. The Morgan fingerprint density at radius 3 is 2.70 bits per heavy atom. The monoisotopic (exact) mass is 462 g/mol. The van der Waals surface area contributed by atoms with Gasteiger partial charge in [0.25, 0.3) is 10.0 Å². The molecule has 1 unspecified atom stereocenters. The fourth-order valence-electron chi connectivity index (χ4n) is 4.33. The van der Waals surface area contributed by atoms with Crippen molar-refractivity contribution in [2.45, 2.75) is 30.6 Å². The summed E-state index contributed by atoms with van der Waals surface area (Å²) in [7, 11) is -2.16. The fourth-order valence-corrected chi connectivity index (χ4v) is 5.84. The molecule has 0 amide bonds. The Morgan fingerprint density at radius 1 is 1.18 bits per heavy atom. The minimum Gasteiger partial charge on any atom is -0.497 e. The molecule has 4 rings (SSSR count). The quantitative estimate of drug-likeness (QED) is 0.425. The summed E-state index contributed by atoms with van der Waals surface area (Å²) in [5.74, 6) is 6.82. The standard InChI is InChI=1S/C27H30N2O3S/c1-3-28-18-10-11-22(20-28)21-29(33(30,31)25-14-8-5-9-15-25)27-17-16-24(32-2)19-26(27)23-12-6-4-7-13-23/h5-6,8-9,11-12,14-17,19,23H,3,10,13,18,20-21H2,1-2H3. The van der Waals surface area contributed by atoms with Crippen molar-refractivity contribution in [2.24, 2.45) is 0 Å². The molecule has 1 aliphatic carbocycles. The molecule has 5 nitrogen and oxygen atoms in total. The summed E-state index contributed by atoms with van der Waals surface area (Å²) in [5.41, 5.74) is 2.69. The number of methoxy groups -OCH3 is 1. The molecule has 2 aromatic carbocycles. The minimum atomic E-state index is -3.79. The first kappa shape index (κ1) is 23.2. The molecule has 6 heteroatoms. The summed E-state index contributed by atoms with van der Waals surface area (Å²) in [4.78, 5) is 2.63. The number of likely N-dealkylation sites (N-methyl/N-ethyl adjacent to an activating group) is 1. The number of hydrogen-bond donors (Lipinski definition) is 0. The molecule has 0 spiro atoms. The number of hydrogen-bond acceptors (Lipinski definition) is 4. The van der Waals surface area contributed by atoms with E-state index in [2.05, 4.69) is 29.7 Å². The minimum absolute atomic E-state index is 0.00250. The van der Waals surface area contributed by atoms with Crippen LogP contribution in [0.15, 0.2) is 77.2 Å². The van der Waals surface area contributed by atoms with Gasteiger partial charge in [0.2, 0.25) is 0 Å². The molecule has 2 aliphatic rings. The highest BCUT2D eigenvalue weighted by molar-refractivity contribution is 7.92. The van der Waals surface area contributed by atoms with Gasteiger partial charge in [-0.3, -0.25) is 9.21 Å². The number of anilines is 1. The van der Waals surface area contributed by atoms with Gasteiger partial charge >= 0.3 is 0 Å². The molecule has 0 saturated heterocycles. The molecule has 1 atom stereocenters. The SMILES string of the molecule is CCN1CCC=C(CN(c2ccc(OC)cc2C2C=CC#CC2)S(=O)(=O)c2ccccc2)C1. The van der Waals surface area contributed by atoms with Gasteiger partial charge in [-0.25, -0.2) is 8.42 Å². The van der Waals surface area contributed by atoms with Crippen molar-refractivity contribution in [1.29, 1.82) is 0 Å². The van der Waals surface area contributed by atoms with E-state index in [4.69, 9.17) is 4.74 Å². The topological polar surface area (TPSA) is 49.9 Å². The van der Waals surface area contributed by atoms with Gasteiger partial charge in [0.1, 0.15) is 5.75 Å². The van der Waals surface area contributed by atoms with Gasteiger partial charge in [-0.05, 0) is 60.5 Å². The molecule has 0 radical (unpaired) electrons. The second kappa shape index (κ2) is 10.3. The maximum absolute atomic E-state index is 14.0. The average molecular weight is 463 g/mol. The highest BCUT2D eigenvalue weighted by Crippen LogP contribution is 2.37. The van der Waals surface area contributed by atoms with E-state index < -0.39 is 10.0 Å². The maximum atomic E-state index is 14.0. The lowest BCUT2D eigenvalue weighted by molar-refractivity contribution is 0.305. The van der Waals surface area contributed by atoms with Crippen LogP contribution in [0.5, 0.6) is 5.75 Å². The molecule has 2 aromatic rings. The number of ether oxygens (including phenoxy) is 1. The summed E-state index contributed by atoms with van der Waals surface area (Å²) >= 11 is 0. The Kier molecular flexibility index (Phi) is 7.22. The molecule has 0 aromatic heterocycles. The van der Waals surface area contributed by atoms with Gasteiger partial charge in [0, 0.05) is 25.4 Å². The molecule has 0 fully saturated rings. The molecule has 0 bridgehead atoms. The van der Waals surface area contributed by atoms with Gasteiger partial charge in [0.05, 0.1) is 24.2 Å². The number of sulfonamides is 1. The van der Waals surface area contributed by atoms with Crippen LogP contribution in [0.25, 0.3) is 0 Å². The highest BCUT2D eigenvalue weighted by Gasteiger charge is 2.30. The van der Waals surface area contributed by atoms with Crippen LogP contribution in [0, 0.1) is 11.8 Å². The van der Waals surface area contributed by atoms with Crippen LogP contribution < -0.4 is 9.04 Å². The Balaban J connectivity index is 1.82. The largest absolute Gasteiger partial charge is 0.497 e. The molecule has 0 saturated carbocycles. The van der Waals surface area contributed by atoms with Gasteiger partial charge in [-0.1, -0.05) is 49.1 Å². The number of benzene rings is 2. The Labute approximate surface area is 197 Å². The van der Waals surface area contributed by atoms with Crippen molar-refractivity contribution in [3.05, 3.63) is 77.9 Å². The lowest BCUT2D eigenvalue weighted by Gasteiger charge is -2.32. The van der Waals surface area contributed by atoms with Crippen LogP contribution in [0.2, 0.25) is 0 Å². The third-order valence-corrected chi connectivity index (χ3v) is 7.94. The molecule has 172 valence electrons. The average Bonchev–Trinajstić information content (AvgIpc) is 2.88. The van der Waals surface area contributed by atoms with E-state index in [1.165, 1.54) is 0 Å². The fraction of sp³-hybridized carbons (Fsp3) is 0.333. The molecule has 1 heterocycles. The van der Waals surface area contributed by atoms with Crippen LogP contribution in [-0.2, 0) is 10.0 Å². The Morgan fingerprint density at radius 2 is 2.00 bits per heavy atom. The third-order valence-electron chi connectivity index (χ3n) is 6.17. The van der Waals surface area contributed by atoms with E-state index in [-0.39, 0.29) is 10.8 Å². The summed E-state index contributed by atoms with van der Waals surface area (Å²) in [5, 5.41) is 0.